The van der Waals surface area contributed by atoms with E-state index in [1.807, 2.05) is 13.0 Å². The van der Waals surface area contributed by atoms with Crippen LogP contribution in [0, 0.1) is 6.92 Å². The smallest absolute Gasteiger partial charge is 0.156 e. The van der Waals surface area contributed by atoms with Gasteiger partial charge < -0.3 is 9.47 Å². The van der Waals surface area contributed by atoms with Crippen LogP contribution in [0.2, 0.25) is 10.0 Å². The van der Waals surface area contributed by atoms with Gasteiger partial charge in [-0.2, -0.15) is 0 Å². The number of benzene rings is 1. The summed E-state index contributed by atoms with van der Waals surface area (Å²) in [5, 5.41) is 1.19. The second kappa shape index (κ2) is 4.30. The van der Waals surface area contributed by atoms with E-state index in [0.29, 0.717) is 10.0 Å². The molecule has 4 heteroatoms. The van der Waals surface area contributed by atoms with Crippen molar-refractivity contribution >= 4 is 23.2 Å². The molecular formula is C11H11Cl2O2. The summed E-state index contributed by atoms with van der Waals surface area (Å²) in [4.78, 5) is 0. The molecule has 1 radical (unpaired) electrons. The Balaban J connectivity index is 2.29. The van der Waals surface area contributed by atoms with E-state index in [9.17, 15) is 0 Å². The number of ether oxygens (including phenoxy) is 2. The summed E-state index contributed by atoms with van der Waals surface area (Å²) in [5.74, 6) is 0. The first kappa shape index (κ1) is 11.2. The zero-order valence-corrected chi connectivity index (χ0v) is 9.76. The third-order valence-corrected chi connectivity index (χ3v) is 2.87. The van der Waals surface area contributed by atoms with E-state index in [2.05, 4.69) is 6.92 Å². The van der Waals surface area contributed by atoms with Crippen LogP contribution in [0.15, 0.2) is 18.2 Å². The van der Waals surface area contributed by atoms with Crippen molar-refractivity contribution in [2.75, 3.05) is 0 Å². The molecule has 1 aromatic carbocycles. The fraction of sp³-hybridized carbons (Fsp3) is 0.364. The minimum absolute atomic E-state index is 0.218. The fourth-order valence-corrected chi connectivity index (χ4v) is 2.17. The summed E-state index contributed by atoms with van der Waals surface area (Å²) in [6.45, 7) is 5.71. The van der Waals surface area contributed by atoms with Crippen molar-refractivity contribution in [3.63, 3.8) is 0 Å². The number of rotatable bonds is 1. The monoisotopic (exact) mass is 245 g/mol. The molecule has 0 saturated carbocycles. The summed E-state index contributed by atoms with van der Waals surface area (Å²) in [6.07, 6.45) is -0.701. The highest BCUT2D eigenvalue weighted by atomic mass is 35.5. The summed E-state index contributed by atoms with van der Waals surface area (Å²) < 4.78 is 11.0. The van der Waals surface area contributed by atoms with Gasteiger partial charge in [0.05, 0.1) is 6.10 Å². The lowest BCUT2D eigenvalue weighted by Gasteiger charge is -2.14. The maximum atomic E-state index is 6.07. The highest BCUT2D eigenvalue weighted by Crippen LogP contribution is 2.36. The van der Waals surface area contributed by atoms with Crippen LogP contribution in [0.4, 0.5) is 0 Å². The Hall–Kier alpha value is -0.280. The Morgan fingerprint density at radius 3 is 2.53 bits per heavy atom. The zero-order chi connectivity index (χ0) is 11.0. The highest BCUT2D eigenvalue weighted by molar-refractivity contribution is 6.35. The zero-order valence-electron chi connectivity index (χ0n) is 8.24. The van der Waals surface area contributed by atoms with Crippen molar-refractivity contribution in [3.8, 4) is 0 Å². The molecule has 1 heterocycles. The molecule has 0 amide bonds. The lowest BCUT2D eigenvalue weighted by molar-refractivity contribution is -0.0474. The third-order valence-electron chi connectivity index (χ3n) is 2.31. The van der Waals surface area contributed by atoms with Crippen LogP contribution in [0.3, 0.4) is 0 Å². The normalized spacial score (nSPS) is 30.8. The summed E-state index contributed by atoms with van der Waals surface area (Å²) >= 11 is 11.9. The fourth-order valence-electron chi connectivity index (χ4n) is 1.65. The first-order chi connectivity index (χ1) is 7.08. The molecule has 1 unspecified atom stereocenters. The quantitative estimate of drug-likeness (QED) is 0.753. The van der Waals surface area contributed by atoms with Crippen molar-refractivity contribution < 1.29 is 9.47 Å². The van der Waals surface area contributed by atoms with Crippen molar-refractivity contribution in [2.24, 2.45) is 0 Å². The molecule has 1 aromatic rings. The first-order valence-electron chi connectivity index (χ1n) is 4.67. The highest BCUT2D eigenvalue weighted by Gasteiger charge is 2.32. The molecule has 81 valence electrons. The number of halogens is 2. The predicted molar refractivity (Wildman–Crippen MR) is 60.0 cm³/mol. The molecule has 3 atom stereocenters. The molecule has 15 heavy (non-hydrogen) atoms. The van der Waals surface area contributed by atoms with E-state index in [1.165, 1.54) is 0 Å². The second-order valence-corrected chi connectivity index (χ2v) is 4.31. The van der Waals surface area contributed by atoms with Crippen LogP contribution in [0.1, 0.15) is 18.6 Å². The van der Waals surface area contributed by atoms with Crippen molar-refractivity contribution in [1.29, 1.82) is 0 Å². The molecule has 2 rings (SSSR count). The number of hydrogen-bond acceptors (Lipinski definition) is 2. The molecule has 0 aliphatic carbocycles. The van der Waals surface area contributed by atoms with E-state index >= 15 is 0 Å². The molecule has 2 nitrogen and oxygen atoms in total. The molecule has 1 fully saturated rings. The molecule has 1 saturated heterocycles. The average Bonchev–Trinajstić information content (AvgIpc) is 2.45. The van der Waals surface area contributed by atoms with Crippen molar-refractivity contribution in [3.05, 3.63) is 40.7 Å². The molecule has 0 N–H and O–H groups in total. The lowest BCUT2D eigenvalue weighted by atomic mass is 10.1. The second-order valence-electron chi connectivity index (χ2n) is 3.46. The van der Waals surface area contributed by atoms with Crippen LogP contribution in [-0.4, -0.2) is 12.4 Å². The Labute approximate surface area is 99.1 Å². The van der Waals surface area contributed by atoms with Crippen molar-refractivity contribution in [1.82, 2.24) is 0 Å². The molecular weight excluding hydrogens is 235 g/mol. The lowest BCUT2D eigenvalue weighted by Crippen LogP contribution is -2.11. The first-order valence-corrected chi connectivity index (χ1v) is 5.42. The van der Waals surface area contributed by atoms with Gasteiger partial charge in [-0.3, -0.25) is 0 Å². The van der Waals surface area contributed by atoms with Crippen LogP contribution in [0.25, 0.3) is 0 Å². The molecule has 1 aliphatic rings. The molecule has 1 aliphatic heterocycles. The van der Waals surface area contributed by atoms with Crippen LogP contribution < -0.4 is 0 Å². The van der Waals surface area contributed by atoms with Gasteiger partial charge in [-0.05, 0) is 26.0 Å². The van der Waals surface area contributed by atoms with Gasteiger partial charge in [-0.25, -0.2) is 0 Å². The number of hydrogen-bond donors (Lipinski definition) is 0. The topological polar surface area (TPSA) is 18.5 Å². The minimum atomic E-state index is -0.246. The SMILES string of the molecule is [CH2][C@@H]1OC(C)O[C@H]1c1ccc(Cl)cc1Cl. The Kier molecular flexibility index (Phi) is 3.21. The Morgan fingerprint density at radius 1 is 1.27 bits per heavy atom. The van der Waals surface area contributed by atoms with Gasteiger partial charge in [0.1, 0.15) is 6.10 Å². The van der Waals surface area contributed by atoms with Gasteiger partial charge in [0.25, 0.3) is 0 Å². The van der Waals surface area contributed by atoms with E-state index in [0.717, 1.165) is 5.56 Å². The van der Waals surface area contributed by atoms with E-state index in [4.69, 9.17) is 32.7 Å². The maximum absolute atomic E-state index is 6.07. The van der Waals surface area contributed by atoms with Gasteiger partial charge in [-0.15, -0.1) is 0 Å². The van der Waals surface area contributed by atoms with Gasteiger partial charge in [0.2, 0.25) is 0 Å². The van der Waals surface area contributed by atoms with E-state index < -0.39 is 0 Å². The minimum Gasteiger partial charge on any atom is -0.347 e. The summed E-state index contributed by atoms with van der Waals surface area (Å²) in [5.41, 5.74) is 0.866. The van der Waals surface area contributed by atoms with E-state index in [-0.39, 0.29) is 18.5 Å². The Bertz CT molecular complexity index is 368. The van der Waals surface area contributed by atoms with Gasteiger partial charge >= 0.3 is 0 Å². The standard InChI is InChI=1S/C11H11Cl2O2/c1-6-11(15-7(2)14-6)9-4-3-8(12)5-10(9)13/h3-7,11H,1H2,2H3/t6-,7?,11+/m0/s1. The van der Waals surface area contributed by atoms with Crippen LogP contribution in [-0.2, 0) is 9.47 Å². The molecule has 0 bridgehead atoms. The van der Waals surface area contributed by atoms with Gasteiger partial charge in [-0.1, -0.05) is 29.3 Å². The van der Waals surface area contributed by atoms with E-state index in [1.54, 1.807) is 12.1 Å². The molecule has 0 aromatic heterocycles. The maximum Gasteiger partial charge on any atom is 0.156 e. The van der Waals surface area contributed by atoms with Crippen molar-refractivity contribution in [2.45, 2.75) is 25.4 Å². The average molecular weight is 246 g/mol. The predicted octanol–water partition coefficient (Wildman–Crippen LogP) is 3.63. The Morgan fingerprint density at radius 2 is 2.00 bits per heavy atom. The van der Waals surface area contributed by atoms with Crippen LogP contribution in [0.5, 0.6) is 0 Å². The largest absolute Gasteiger partial charge is 0.347 e. The van der Waals surface area contributed by atoms with Gasteiger partial charge in [0, 0.05) is 15.6 Å². The summed E-state index contributed by atoms with van der Waals surface area (Å²) in [6, 6.07) is 5.31. The van der Waals surface area contributed by atoms with Gasteiger partial charge in [0.15, 0.2) is 6.29 Å². The molecule has 0 spiro atoms. The third kappa shape index (κ3) is 2.28. The van der Waals surface area contributed by atoms with Crippen LogP contribution >= 0.6 is 23.2 Å². The summed E-state index contributed by atoms with van der Waals surface area (Å²) in [7, 11) is 0.